The highest BCUT2D eigenvalue weighted by Crippen LogP contribution is 2.37. The Labute approximate surface area is 102 Å². The van der Waals surface area contributed by atoms with Gasteiger partial charge < -0.3 is 20.4 Å². The van der Waals surface area contributed by atoms with Gasteiger partial charge in [-0.25, -0.2) is 0 Å². The second-order valence-corrected chi connectivity index (χ2v) is 3.85. The third-order valence-electron chi connectivity index (χ3n) is 2.58. The number of rotatable bonds is 3. The van der Waals surface area contributed by atoms with Crippen LogP contribution in [0.15, 0.2) is 0 Å². The molecule has 0 spiro atoms. The van der Waals surface area contributed by atoms with Gasteiger partial charge >= 0.3 is 17.9 Å². The Bertz CT molecular complexity index is 335. The molecule has 0 aromatic heterocycles. The molecule has 8 nitrogen and oxygen atoms in total. The number of aliphatic carboxylic acids is 4. The van der Waals surface area contributed by atoms with E-state index >= 15 is 0 Å². The molecule has 1 rings (SSSR count). The van der Waals surface area contributed by atoms with Gasteiger partial charge in [0.25, 0.3) is 5.97 Å². The van der Waals surface area contributed by atoms with Crippen LogP contribution in [0, 0.1) is 17.8 Å². The summed E-state index contributed by atoms with van der Waals surface area (Å²) in [6.45, 7) is 1.08. The van der Waals surface area contributed by atoms with Gasteiger partial charge in [-0.15, -0.1) is 0 Å². The molecule has 8 heteroatoms. The molecule has 1 saturated carbocycles. The van der Waals surface area contributed by atoms with E-state index in [1.165, 1.54) is 0 Å². The topological polar surface area (TPSA) is 149 Å². The number of carbonyl (C=O) groups is 4. The molecule has 0 bridgehead atoms. The van der Waals surface area contributed by atoms with Gasteiger partial charge in [0, 0.05) is 6.92 Å². The maximum atomic E-state index is 10.7. The molecule has 4 N–H and O–H groups in total. The largest absolute Gasteiger partial charge is 0.481 e. The summed E-state index contributed by atoms with van der Waals surface area (Å²) >= 11 is 0. The van der Waals surface area contributed by atoms with E-state index in [1.807, 2.05) is 0 Å². The van der Waals surface area contributed by atoms with Crippen LogP contribution in [-0.4, -0.2) is 44.3 Å². The summed E-state index contributed by atoms with van der Waals surface area (Å²) in [6.07, 6.45) is 0.229. The van der Waals surface area contributed by atoms with E-state index in [1.54, 1.807) is 0 Å². The lowest BCUT2D eigenvalue weighted by molar-refractivity contribution is -0.158. The molecule has 2 atom stereocenters. The van der Waals surface area contributed by atoms with E-state index in [0.717, 1.165) is 6.92 Å². The summed E-state index contributed by atoms with van der Waals surface area (Å²) in [5.74, 6) is -8.10. The maximum absolute atomic E-state index is 10.7. The predicted molar refractivity (Wildman–Crippen MR) is 55.9 cm³/mol. The zero-order valence-electron chi connectivity index (χ0n) is 9.57. The lowest BCUT2D eigenvalue weighted by Gasteiger charge is -2.14. The van der Waals surface area contributed by atoms with E-state index in [4.69, 9.17) is 25.2 Å². The molecule has 2 unspecified atom stereocenters. The Kier molecular flexibility index (Phi) is 5.80. The first-order valence-corrected chi connectivity index (χ1v) is 5.06. The van der Waals surface area contributed by atoms with Crippen molar-refractivity contribution in [3.05, 3.63) is 0 Å². The van der Waals surface area contributed by atoms with Crippen LogP contribution in [0.2, 0.25) is 0 Å². The summed E-state index contributed by atoms with van der Waals surface area (Å²) in [5, 5.41) is 33.5. The van der Waals surface area contributed by atoms with Crippen LogP contribution in [0.1, 0.15) is 19.8 Å². The summed E-state index contributed by atoms with van der Waals surface area (Å²) in [7, 11) is 0. The first kappa shape index (κ1) is 15.9. The summed E-state index contributed by atoms with van der Waals surface area (Å²) < 4.78 is 0. The Morgan fingerprint density at radius 3 is 1.22 bits per heavy atom. The van der Waals surface area contributed by atoms with Gasteiger partial charge in [-0.05, 0) is 12.8 Å². The van der Waals surface area contributed by atoms with E-state index in [9.17, 15) is 14.4 Å². The minimum Gasteiger partial charge on any atom is -0.481 e. The molecule has 1 aliphatic rings. The SMILES string of the molecule is CC(=O)O.O=C(O)C1CCC(C(=O)O)C1C(=O)O. The average molecular weight is 262 g/mol. The summed E-state index contributed by atoms with van der Waals surface area (Å²) in [6, 6.07) is 0. The highest BCUT2D eigenvalue weighted by atomic mass is 16.4. The highest BCUT2D eigenvalue weighted by Gasteiger charge is 2.48. The van der Waals surface area contributed by atoms with Crippen molar-refractivity contribution in [3.8, 4) is 0 Å². The highest BCUT2D eigenvalue weighted by molar-refractivity contribution is 5.86. The van der Waals surface area contributed by atoms with Crippen molar-refractivity contribution in [2.24, 2.45) is 17.8 Å². The van der Waals surface area contributed by atoms with E-state index < -0.39 is 41.6 Å². The van der Waals surface area contributed by atoms with Gasteiger partial charge in [0.05, 0.1) is 17.8 Å². The zero-order chi connectivity index (χ0) is 14.5. The van der Waals surface area contributed by atoms with Crippen LogP contribution in [0.25, 0.3) is 0 Å². The standard InChI is InChI=1S/C8H10O6.C2H4O2/c9-6(10)3-1-2-4(7(11)12)5(3)8(13)14;1-2(3)4/h3-5H,1-2H2,(H,9,10)(H,11,12)(H,13,14);1H3,(H,3,4). The van der Waals surface area contributed by atoms with Crippen LogP contribution in [0.4, 0.5) is 0 Å². The lowest BCUT2D eigenvalue weighted by Crippen LogP contribution is -2.32. The van der Waals surface area contributed by atoms with Gasteiger partial charge in [-0.1, -0.05) is 0 Å². The molecule has 0 aromatic carbocycles. The fourth-order valence-corrected chi connectivity index (χ4v) is 1.90. The first-order chi connectivity index (χ1) is 8.18. The molecule has 0 aromatic rings. The number of carboxylic acids is 4. The van der Waals surface area contributed by atoms with Crippen molar-refractivity contribution in [3.63, 3.8) is 0 Å². The van der Waals surface area contributed by atoms with Crippen molar-refractivity contribution in [1.29, 1.82) is 0 Å². The average Bonchev–Trinajstić information content (AvgIpc) is 2.59. The summed E-state index contributed by atoms with van der Waals surface area (Å²) in [5.41, 5.74) is 0. The van der Waals surface area contributed by atoms with Crippen molar-refractivity contribution in [2.75, 3.05) is 0 Å². The summed E-state index contributed by atoms with van der Waals surface area (Å²) in [4.78, 5) is 41.0. The number of hydrogen-bond acceptors (Lipinski definition) is 4. The molecular formula is C10H14O8. The smallest absolute Gasteiger partial charge is 0.308 e. The van der Waals surface area contributed by atoms with Crippen molar-refractivity contribution >= 4 is 23.9 Å². The molecule has 18 heavy (non-hydrogen) atoms. The Balaban J connectivity index is 0.000000631. The van der Waals surface area contributed by atoms with Crippen LogP contribution < -0.4 is 0 Å². The molecule has 0 amide bonds. The van der Waals surface area contributed by atoms with Gasteiger partial charge in [-0.3, -0.25) is 19.2 Å². The van der Waals surface area contributed by atoms with Crippen molar-refractivity contribution in [2.45, 2.75) is 19.8 Å². The number of hydrogen-bond donors (Lipinski definition) is 4. The van der Waals surface area contributed by atoms with Gasteiger partial charge in [0.1, 0.15) is 0 Å². The third kappa shape index (κ3) is 4.40. The van der Waals surface area contributed by atoms with Crippen LogP contribution in [-0.2, 0) is 19.2 Å². The van der Waals surface area contributed by atoms with Gasteiger partial charge in [0.2, 0.25) is 0 Å². The van der Waals surface area contributed by atoms with Gasteiger partial charge in [-0.2, -0.15) is 0 Å². The van der Waals surface area contributed by atoms with Gasteiger partial charge in [0.15, 0.2) is 0 Å². The minimum atomic E-state index is -1.35. The molecule has 0 saturated heterocycles. The molecule has 0 aliphatic heterocycles. The quantitative estimate of drug-likeness (QED) is 0.554. The Morgan fingerprint density at radius 2 is 1.06 bits per heavy atom. The van der Waals surface area contributed by atoms with Crippen LogP contribution >= 0.6 is 0 Å². The molecular weight excluding hydrogens is 248 g/mol. The minimum absolute atomic E-state index is 0.114. The van der Waals surface area contributed by atoms with Crippen LogP contribution in [0.5, 0.6) is 0 Å². The maximum Gasteiger partial charge on any atom is 0.308 e. The van der Waals surface area contributed by atoms with Crippen molar-refractivity contribution in [1.82, 2.24) is 0 Å². The van der Waals surface area contributed by atoms with Crippen LogP contribution in [0.3, 0.4) is 0 Å². The lowest BCUT2D eigenvalue weighted by atomic mass is 9.89. The molecule has 1 fully saturated rings. The van der Waals surface area contributed by atoms with E-state index in [-0.39, 0.29) is 12.8 Å². The first-order valence-electron chi connectivity index (χ1n) is 5.06. The van der Waals surface area contributed by atoms with Crippen molar-refractivity contribution < 1.29 is 39.6 Å². The van der Waals surface area contributed by atoms with E-state index in [2.05, 4.69) is 0 Å². The predicted octanol–water partition coefficient (Wildman–Crippen LogP) is -0.0265. The Hall–Kier alpha value is -2.12. The second-order valence-electron chi connectivity index (χ2n) is 3.85. The molecule has 0 radical (unpaired) electrons. The zero-order valence-corrected chi connectivity index (χ0v) is 9.57. The normalized spacial score (nSPS) is 25.7. The fraction of sp³-hybridized carbons (Fsp3) is 0.600. The third-order valence-corrected chi connectivity index (χ3v) is 2.58. The molecule has 102 valence electrons. The fourth-order valence-electron chi connectivity index (χ4n) is 1.90. The second kappa shape index (κ2) is 6.58. The molecule has 0 heterocycles. The van der Waals surface area contributed by atoms with E-state index in [0.29, 0.717) is 0 Å². The monoisotopic (exact) mass is 262 g/mol. The number of carboxylic acid groups (broad SMARTS) is 4. The molecule has 1 aliphatic carbocycles. The Morgan fingerprint density at radius 1 is 0.778 bits per heavy atom.